The molecule has 1 aromatic heterocycles. The van der Waals surface area contributed by atoms with Crippen molar-refractivity contribution in [3.05, 3.63) is 21.9 Å². The Morgan fingerprint density at radius 2 is 2.21 bits per heavy atom. The molecule has 0 amide bonds. The fourth-order valence-corrected chi connectivity index (χ4v) is 3.15. The van der Waals surface area contributed by atoms with Crippen molar-refractivity contribution in [3.8, 4) is 0 Å². The maximum Gasteiger partial charge on any atom is 0.0380 e. The maximum atomic E-state index is 3.67. The van der Waals surface area contributed by atoms with Gasteiger partial charge in [-0.1, -0.05) is 20.8 Å². The van der Waals surface area contributed by atoms with Crippen molar-refractivity contribution in [3.63, 3.8) is 0 Å². The van der Waals surface area contributed by atoms with E-state index in [0.717, 1.165) is 6.54 Å². The summed E-state index contributed by atoms with van der Waals surface area (Å²) in [6, 6.07) is 2.83. The Hall–Kier alpha value is -0.340. The number of thiophene rings is 1. The molecule has 1 aliphatic heterocycles. The van der Waals surface area contributed by atoms with Crippen LogP contribution in [0.3, 0.4) is 0 Å². The van der Waals surface area contributed by atoms with E-state index >= 15 is 0 Å². The summed E-state index contributed by atoms with van der Waals surface area (Å²) in [7, 11) is 0. The molecule has 78 valence electrons. The molecular formula is C12H19NS. The van der Waals surface area contributed by atoms with E-state index < -0.39 is 0 Å². The smallest absolute Gasteiger partial charge is 0.0380 e. The molecule has 2 heteroatoms. The first-order valence-electron chi connectivity index (χ1n) is 5.38. The molecule has 2 rings (SSSR count). The van der Waals surface area contributed by atoms with Gasteiger partial charge >= 0.3 is 0 Å². The zero-order valence-electron chi connectivity index (χ0n) is 9.26. The Balaban J connectivity index is 2.35. The molecule has 1 aliphatic rings. The van der Waals surface area contributed by atoms with Crippen LogP contribution >= 0.6 is 11.3 Å². The average Bonchev–Trinajstić information content (AvgIpc) is 2.42. The molecule has 2 heterocycles. The number of aryl methyl sites for hydroxylation is 1. The molecule has 1 nitrogen and oxygen atoms in total. The molecule has 0 saturated carbocycles. The van der Waals surface area contributed by atoms with Gasteiger partial charge in [0.05, 0.1) is 0 Å². The third-order valence-corrected chi connectivity index (χ3v) is 3.88. The minimum atomic E-state index is 0.320. The van der Waals surface area contributed by atoms with E-state index in [1.54, 1.807) is 10.4 Å². The second-order valence-corrected chi connectivity index (χ2v) is 6.16. The van der Waals surface area contributed by atoms with E-state index in [1.165, 1.54) is 12.8 Å². The van der Waals surface area contributed by atoms with Gasteiger partial charge in [-0.05, 0) is 41.8 Å². The Kier molecular flexibility index (Phi) is 2.67. The van der Waals surface area contributed by atoms with Crippen LogP contribution in [0.5, 0.6) is 0 Å². The van der Waals surface area contributed by atoms with Crippen LogP contribution in [0, 0.1) is 5.41 Å². The van der Waals surface area contributed by atoms with Gasteiger partial charge in [-0.15, -0.1) is 11.3 Å². The molecule has 1 atom stereocenters. The molecule has 1 aromatic rings. The highest BCUT2D eigenvalue weighted by molar-refractivity contribution is 7.10. The Labute approximate surface area is 90.5 Å². The number of hydrogen-bond acceptors (Lipinski definition) is 2. The summed E-state index contributed by atoms with van der Waals surface area (Å²) in [5.41, 5.74) is 1.86. The quantitative estimate of drug-likeness (QED) is 0.691. The lowest BCUT2D eigenvalue weighted by Crippen LogP contribution is -2.31. The lowest BCUT2D eigenvalue weighted by Gasteiger charge is -2.31. The summed E-state index contributed by atoms with van der Waals surface area (Å²) >= 11 is 1.92. The van der Waals surface area contributed by atoms with Crippen molar-refractivity contribution in [2.75, 3.05) is 6.54 Å². The van der Waals surface area contributed by atoms with E-state index in [4.69, 9.17) is 0 Å². The predicted molar refractivity (Wildman–Crippen MR) is 62.8 cm³/mol. The number of rotatable bonds is 0. The summed E-state index contributed by atoms with van der Waals surface area (Å²) in [5.74, 6) is 0. The fraction of sp³-hybridized carbons (Fsp3) is 0.667. The van der Waals surface area contributed by atoms with Crippen molar-refractivity contribution in [2.45, 2.75) is 39.7 Å². The summed E-state index contributed by atoms with van der Waals surface area (Å²) in [6.45, 7) is 8.11. The molecule has 0 saturated heterocycles. The molecule has 14 heavy (non-hydrogen) atoms. The zero-order valence-corrected chi connectivity index (χ0v) is 10.1. The number of fused-ring (bicyclic) bond motifs is 1. The van der Waals surface area contributed by atoms with Crippen LogP contribution in [0.2, 0.25) is 0 Å². The highest BCUT2D eigenvalue weighted by Gasteiger charge is 2.29. The molecule has 1 unspecified atom stereocenters. The van der Waals surface area contributed by atoms with Gasteiger partial charge in [0.15, 0.2) is 0 Å². The van der Waals surface area contributed by atoms with Gasteiger partial charge in [0.2, 0.25) is 0 Å². The molecule has 0 fully saturated rings. The lowest BCUT2D eigenvalue weighted by atomic mass is 9.83. The van der Waals surface area contributed by atoms with Crippen LogP contribution in [0.15, 0.2) is 11.4 Å². The van der Waals surface area contributed by atoms with Crippen LogP contribution in [0.25, 0.3) is 0 Å². The summed E-state index contributed by atoms with van der Waals surface area (Å²) < 4.78 is 0. The van der Waals surface area contributed by atoms with E-state index in [2.05, 4.69) is 37.5 Å². The van der Waals surface area contributed by atoms with Crippen molar-refractivity contribution in [1.82, 2.24) is 5.32 Å². The Bertz CT molecular complexity index is 308. The van der Waals surface area contributed by atoms with Gasteiger partial charge in [-0.2, -0.15) is 0 Å². The minimum absolute atomic E-state index is 0.320. The number of hydrogen-bond donors (Lipinski definition) is 1. The van der Waals surface area contributed by atoms with Gasteiger partial charge in [0.1, 0.15) is 0 Å². The molecular weight excluding hydrogens is 190 g/mol. The van der Waals surface area contributed by atoms with E-state index in [9.17, 15) is 0 Å². The summed E-state index contributed by atoms with van der Waals surface area (Å²) in [5, 5.41) is 5.90. The van der Waals surface area contributed by atoms with Gasteiger partial charge in [0, 0.05) is 10.9 Å². The number of nitrogens with one attached hydrogen (secondary N) is 1. The van der Waals surface area contributed by atoms with E-state index in [-0.39, 0.29) is 0 Å². The van der Waals surface area contributed by atoms with Gasteiger partial charge in [-0.3, -0.25) is 0 Å². The first-order chi connectivity index (χ1) is 6.59. The first-order valence-corrected chi connectivity index (χ1v) is 6.26. The van der Waals surface area contributed by atoms with Crippen molar-refractivity contribution in [2.24, 2.45) is 5.41 Å². The highest BCUT2D eigenvalue weighted by atomic mass is 32.1. The molecule has 0 aromatic carbocycles. The molecule has 1 N–H and O–H groups in total. The highest BCUT2D eigenvalue weighted by Crippen LogP contribution is 2.38. The second kappa shape index (κ2) is 3.67. The Morgan fingerprint density at radius 1 is 1.43 bits per heavy atom. The van der Waals surface area contributed by atoms with Crippen LogP contribution < -0.4 is 5.32 Å². The topological polar surface area (TPSA) is 12.0 Å². The lowest BCUT2D eigenvalue weighted by molar-refractivity contribution is 0.277. The third kappa shape index (κ3) is 1.86. The monoisotopic (exact) mass is 209 g/mol. The van der Waals surface area contributed by atoms with Gasteiger partial charge < -0.3 is 5.32 Å². The molecule has 0 spiro atoms. The second-order valence-electron chi connectivity index (χ2n) is 5.16. The summed E-state index contributed by atoms with van der Waals surface area (Å²) in [6.07, 6.45) is 2.53. The first kappa shape index (κ1) is 10.2. The van der Waals surface area contributed by atoms with Crippen LogP contribution in [-0.4, -0.2) is 6.54 Å². The predicted octanol–water partition coefficient (Wildman–Crippen LogP) is 3.37. The zero-order chi connectivity index (χ0) is 10.2. The molecule has 0 bridgehead atoms. The minimum Gasteiger partial charge on any atom is -0.309 e. The standard InChI is InChI=1S/C12H19NS/c1-12(2,3)11-9-6-8-14-10(9)5-4-7-13-11/h6,8,11,13H,4-5,7H2,1-3H3. The van der Waals surface area contributed by atoms with E-state index in [0.29, 0.717) is 11.5 Å². The normalized spacial score (nSPS) is 22.9. The molecule has 0 radical (unpaired) electrons. The van der Waals surface area contributed by atoms with Crippen molar-refractivity contribution in [1.29, 1.82) is 0 Å². The van der Waals surface area contributed by atoms with Gasteiger partial charge in [0.25, 0.3) is 0 Å². The fourth-order valence-electron chi connectivity index (χ4n) is 2.19. The van der Waals surface area contributed by atoms with Gasteiger partial charge in [-0.25, -0.2) is 0 Å². The maximum absolute atomic E-state index is 3.67. The van der Waals surface area contributed by atoms with Crippen LogP contribution in [0.1, 0.15) is 43.7 Å². The average molecular weight is 209 g/mol. The largest absolute Gasteiger partial charge is 0.309 e. The van der Waals surface area contributed by atoms with Crippen LogP contribution in [0.4, 0.5) is 0 Å². The SMILES string of the molecule is CC(C)(C)C1NCCCc2sccc21. The van der Waals surface area contributed by atoms with Crippen LogP contribution in [-0.2, 0) is 6.42 Å². The van der Waals surface area contributed by atoms with E-state index in [1.807, 2.05) is 11.3 Å². The third-order valence-electron chi connectivity index (χ3n) is 2.89. The van der Waals surface area contributed by atoms with Crippen molar-refractivity contribution >= 4 is 11.3 Å². The molecule has 0 aliphatic carbocycles. The van der Waals surface area contributed by atoms with Crippen molar-refractivity contribution < 1.29 is 0 Å². The Morgan fingerprint density at radius 3 is 2.93 bits per heavy atom. The summed E-state index contributed by atoms with van der Waals surface area (Å²) in [4.78, 5) is 1.59.